The van der Waals surface area contributed by atoms with Gasteiger partial charge in [0.05, 0.1) is 16.3 Å². The smallest absolute Gasteiger partial charge is 0.261 e. The van der Waals surface area contributed by atoms with Crippen LogP contribution in [0.5, 0.6) is 0 Å². The molecule has 3 aromatic rings. The van der Waals surface area contributed by atoms with Gasteiger partial charge in [-0.1, -0.05) is 38.3 Å². The molecule has 0 radical (unpaired) electrons. The van der Waals surface area contributed by atoms with Gasteiger partial charge in [-0.15, -0.1) is 11.3 Å². The van der Waals surface area contributed by atoms with E-state index in [0.717, 1.165) is 32.9 Å². The maximum absolute atomic E-state index is 12.9. The average molecular weight is 402 g/mol. The Balaban J connectivity index is 1.62. The van der Waals surface area contributed by atoms with Crippen LogP contribution in [0.1, 0.15) is 48.5 Å². The van der Waals surface area contributed by atoms with Gasteiger partial charge in [0.15, 0.2) is 0 Å². The summed E-state index contributed by atoms with van der Waals surface area (Å²) in [6.45, 7) is 6.52. The molecule has 0 saturated heterocycles. The fraction of sp³-hybridized carbons (Fsp3) is 0.429. The van der Waals surface area contributed by atoms with E-state index in [1.54, 1.807) is 0 Å². The zero-order chi connectivity index (χ0) is 19.1. The van der Waals surface area contributed by atoms with Crippen LogP contribution < -0.4 is 5.32 Å². The van der Waals surface area contributed by atoms with Crippen LogP contribution in [0, 0.1) is 18.8 Å². The number of thiophene rings is 1. The van der Waals surface area contributed by atoms with Gasteiger partial charge in [0, 0.05) is 16.5 Å². The van der Waals surface area contributed by atoms with Gasteiger partial charge in [0.25, 0.3) is 5.91 Å². The van der Waals surface area contributed by atoms with Crippen molar-refractivity contribution in [3.05, 3.63) is 45.9 Å². The number of aromatic nitrogens is 2. The molecule has 6 heteroatoms. The van der Waals surface area contributed by atoms with Crippen molar-refractivity contribution in [2.24, 2.45) is 11.8 Å². The fourth-order valence-electron chi connectivity index (χ4n) is 3.94. The standard InChI is InChI=1S/C21H24ClN3OS/c1-12-5-4-6-18(13(12)2)23-20(26)19-11-17-14(3)24-25(21(17)27-19)16-9-7-15(22)8-10-16/h7-13,18H,4-6H2,1-3H3,(H,23,26)/t12-,13+,18-/m0/s1. The minimum atomic E-state index is 0.0317. The Labute approximate surface area is 168 Å². The van der Waals surface area contributed by atoms with Crippen LogP contribution in [0.4, 0.5) is 0 Å². The maximum atomic E-state index is 12.9. The Morgan fingerprint density at radius 1 is 1.26 bits per heavy atom. The van der Waals surface area contributed by atoms with E-state index in [0.29, 0.717) is 16.9 Å². The van der Waals surface area contributed by atoms with Gasteiger partial charge in [-0.05, 0) is 55.5 Å². The van der Waals surface area contributed by atoms with Crippen molar-refractivity contribution in [3.8, 4) is 5.69 Å². The van der Waals surface area contributed by atoms with Crippen molar-refractivity contribution < 1.29 is 4.79 Å². The summed E-state index contributed by atoms with van der Waals surface area (Å²) in [7, 11) is 0. The van der Waals surface area contributed by atoms with E-state index in [-0.39, 0.29) is 11.9 Å². The predicted octanol–water partition coefficient (Wildman–Crippen LogP) is 5.60. The van der Waals surface area contributed by atoms with E-state index in [1.165, 1.54) is 24.2 Å². The second-order valence-corrected chi connectivity index (χ2v) is 9.12. The zero-order valence-electron chi connectivity index (χ0n) is 15.8. The number of nitrogens with zero attached hydrogens (tertiary/aromatic N) is 2. The summed E-state index contributed by atoms with van der Waals surface area (Å²) >= 11 is 7.50. The molecular formula is C21H24ClN3OS. The number of hydrogen-bond donors (Lipinski definition) is 1. The van der Waals surface area contributed by atoms with E-state index in [9.17, 15) is 4.79 Å². The monoisotopic (exact) mass is 401 g/mol. The highest BCUT2D eigenvalue weighted by molar-refractivity contribution is 7.20. The van der Waals surface area contributed by atoms with Crippen LogP contribution in [-0.2, 0) is 0 Å². The predicted molar refractivity (Wildman–Crippen MR) is 112 cm³/mol. The van der Waals surface area contributed by atoms with Crippen molar-refractivity contribution in [3.63, 3.8) is 0 Å². The van der Waals surface area contributed by atoms with Crippen molar-refractivity contribution in [1.82, 2.24) is 15.1 Å². The molecule has 0 bridgehead atoms. The molecule has 0 aliphatic heterocycles. The highest BCUT2D eigenvalue weighted by Gasteiger charge is 2.29. The van der Waals surface area contributed by atoms with Gasteiger partial charge >= 0.3 is 0 Å². The van der Waals surface area contributed by atoms with Crippen molar-refractivity contribution >= 4 is 39.1 Å². The number of benzene rings is 1. The Kier molecular flexibility index (Phi) is 4.99. The molecule has 2 heterocycles. The third kappa shape index (κ3) is 3.50. The highest BCUT2D eigenvalue weighted by atomic mass is 35.5. The lowest BCUT2D eigenvalue weighted by Gasteiger charge is -2.34. The third-order valence-corrected chi connectivity index (χ3v) is 7.22. The first-order chi connectivity index (χ1) is 12.9. The SMILES string of the molecule is Cc1nn(-c2ccc(Cl)cc2)c2sc(C(=O)N[C@H]3CCC[C@H](C)[C@H]3C)cc12. The van der Waals surface area contributed by atoms with E-state index in [2.05, 4.69) is 24.3 Å². The molecule has 0 unspecified atom stereocenters. The van der Waals surface area contributed by atoms with Crippen molar-refractivity contribution in [2.45, 2.75) is 46.1 Å². The molecule has 4 nitrogen and oxygen atoms in total. The summed E-state index contributed by atoms with van der Waals surface area (Å²) in [5.41, 5.74) is 1.87. The summed E-state index contributed by atoms with van der Waals surface area (Å²) in [5.74, 6) is 1.21. The van der Waals surface area contributed by atoms with Crippen LogP contribution in [0.25, 0.3) is 15.9 Å². The number of rotatable bonds is 3. The second-order valence-electron chi connectivity index (χ2n) is 7.65. The first kappa shape index (κ1) is 18.5. The summed E-state index contributed by atoms with van der Waals surface area (Å²) in [4.78, 5) is 14.6. The summed E-state index contributed by atoms with van der Waals surface area (Å²) in [6, 6.07) is 9.83. The highest BCUT2D eigenvalue weighted by Crippen LogP contribution is 2.32. The lowest BCUT2D eigenvalue weighted by Crippen LogP contribution is -2.43. The Bertz CT molecular complexity index is 975. The Morgan fingerprint density at radius 3 is 2.74 bits per heavy atom. The van der Waals surface area contributed by atoms with Crippen LogP contribution in [-0.4, -0.2) is 21.7 Å². The normalized spacial score (nSPS) is 22.9. The minimum absolute atomic E-state index is 0.0317. The Hall–Kier alpha value is -1.85. The van der Waals surface area contributed by atoms with Gasteiger partial charge in [-0.2, -0.15) is 5.10 Å². The van der Waals surface area contributed by atoms with Crippen LogP contribution in [0.2, 0.25) is 5.02 Å². The van der Waals surface area contributed by atoms with Crippen molar-refractivity contribution in [1.29, 1.82) is 0 Å². The van der Waals surface area contributed by atoms with E-state index < -0.39 is 0 Å². The fourth-order valence-corrected chi connectivity index (χ4v) is 5.15. The lowest BCUT2D eigenvalue weighted by molar-refractivity contribution is 0.0895. The zero-order valence-corrected chi connectivity index (χ0v) is 17.4. The number of nitrogens with one attached hydrogen (secondary N) is 1. The van der Waals surface area contributed by atoms with Crippen molar-refractivity contribution in [2.75, 3.05) is 0 Å². The van der Waals surface area contributed by atoms with Gasteiger partial charge in [-0.25, -0.2) is 4.68 Å². The first-order valence-corrected chi connectivity index (χ1v) is 10.7. The molecule has 1 saturated carbocycles. The number of fused-ring (bicyclic) bond motifs is 1. The quantitative estimate of drug-likeness (QED) is 0.620. The molecule has 27 heavy (non-hydrogen) atoms. The van der Waals surface area contributed by atoms with E-state index in [4.69, 9.17) is 11.6 Å². The van der Waals surface area contributed by atoms with Gasteiger partial charge in [0.2, 0.25) is 0 Å². The number of carbonyl (C=O) groups is 1. The van der Waals surface area contributed by atoms with Crippen LogP contribution >= 0.6 is 22.9 Å². The summed E-state index contributed by atoms with van der Waals surface area (Å²) in [5, 5.41) is 9.64. The van der Waals surface area contributed by atoms with Gasteiger partial charge in [-0.3, -0.25) is 4.79 Å². The topological polar surface area (TPSA) is 46.9 Å². The third-order valence-electron chi connectivity index (χ3n) is 5.86. The van der Waals surface area contributed by atoms with Gasteiger partial charge in [0.1, 0.15) is 4.83 Å². The molecule has 1 aromatic carbocycles. The van der Waals surface area contributed by atoms with Crippen LogP contribution in [0.3, 0.4) is 0 Å². The molecule has 3 atom stereocenters. The minimum Gasteiger partial charge on any atom is -0.348 e. The maximum Gasteiger partial charge on any atom is 0.261 e. The summed E-state index contributed by atoms with van der Waals surface area (Å²) < 4.78 is 1.90. The van der Waals surface area contributed by atoms with Gasteiger partial charge < -0.3 is 5.32 Å². The molecule has 0 spiro atoms. The molecule has 1 aliphatic rings. The molecule has 4 rings (SSSR count). The van der Waals surface area contributed by atoms with E-state index >= 15 is 0 Å². The summed E-state index contributed by atoms with van der Waals surface area (Å²) in [6.07, 6.45) is 3.51. The van der Waals surface area contributed by atoms with Crippen LogP contribution in [0.15, 0.2) is 30.3 Å². The number of hydrogen-bond acceptors (Lipinski definition) is 3. The average Bonchev–Trinajstić information content (AvgIpc) is 3.21. The number of carbonyl (C=O) groups excluding carboxylic acids is 1. The Morgan fingerprint density at radius 2 is 2.00 bits per heavy atom. The molecule has 142 valence electrons. The largest absolute Gasteiger partial charge is 0.348 e. The number of amides is 1. The second kappa shape index (κ2) is 7.28. The molecule has 2 aromatic heterocycles. The molecule has 1 aliphatic carbocycles. The molecule has 1 fully saturated rings. The lowest BCUT2D eigenvalue weighted by atomic mass is 9.78. The number of aryl methyl sites for hydroxylation is 1. The molecule has 1 amide bonds. The number of halogens is 1. The van der Waals surface area contributed by atoms with E-state index in [1.807, 2.05) is 41.9 Å². The molecular weight excluding hydrogens is 378 g/mol. The molecule has 1 N–H and O–H groups in total. The first-order valence-electron chi connectivity index (χ1n) is 9.50.